The molecule has 4 rings (SSSR count). The first kappa shape index (κ1) is 16.2. The maximum absolute atomic E-state index is 13.1. The van der Waals surface area contributed by atoms with E-state index in [-0.39, 0.29) is 5.91 Å². The van der Waals surface area contributed by atoms with E-state index in [9.17, 15) is 14.4 Å². The van der Waals surface area contributed by atoms with Gasteiger partial charge in [0, 0.05) is 0 Å². The first-order valence-electron chi connectivity index (χ1n) is 8.54. The van der Waals surface area contributed by atoms with Gasteiger partial charge >= 0.3 is 5.91 Å². The second-order valence-corrected chi connectivity index (χ2v) is 6.33. The van der Waals surface area contributed by atoms with Gasteiger partial charge in [0.25, 0.3) is 17.6 Å². The van der Waals surface area contributed by atoms with Gasteiger partial charge in [0.15, 0.2) is 0 Å². The van der Waals surface area contributed by atoms with Crippen molar-refractivity contribution in [3.8, 4) is 0 Å². The second-order valence-electron chi connectivity index (χ2n) is 6.33. The number of carbonyl (C=O) groups excluding carboxylic acids is 3. The minimum absolute atomic E-state index is 0.275. The molecule has 2 aromatic rings. The number of benzene rings is 2. The number of nitrogens with one attached hydrogen (secondary N) is 1. The van der Waals surface area contributed by atoms with Crippen LogP contribution in [0.1, 0.15) is 33.2 Å². The molecule has 0 spiro atoms. The van der Waals surface area contributed by atoms with Crippen LogP contribution in [0.3, 0.4) is 0 Å². The molecule has 26 heavy (non-hydrogen) atoms. The zero-order chi connectivity index (χ0) is 18.3. The quantitative estimate of drug-likeness (QED) is 0.796. The number of rotatable bonds is 3. The second kappa shape index (κ2) is 6.22. The van der Waals surface area contributed by atoms with E-state index in [1.807, 2.05) is 30.3 Å². The van der Waals surface area contributed by atoms with Crippen molar-refractivity contribution in [2.45, 2.75) is 13.0 Å². The Morgan fingerprint density at radius 2 is 1.54 bits per heavy atom. The van der Waals surface area contributed by atoms with E-state index in [2.05, 4.69) is 4.99 Å². The van der Waals surface area contributed by atoms with E-state index in [1.165, 1.54) is 0 Å². The molecule has 2 heterocycles. The topological polar surface area (TPSA) is 71.7 Å². The third-order valence-corrected chi connectivity index (χ3v) is 4.78. The maximum Gasteiger partial charge on any atom is 0.332 e. The number of amides is 3. The molecule has 3 amide bonds. The molecule has 0 fully saturated rings. The van der Waals surface area contributed by atoms with Crippen LogP contribution in [0.4, 0.5) is 0 Å². The number of nitrogens with zero attached hydrogens (tertiary/aromatic N) is 2. The van der Waals surface area contributed by atoms with Crippen LogP contribution in [-0.2, 0) is 4.79 Å². The van der Waals surface area contributed by atoms with Gasteiger partial charge < -0.3 is 0 Å². The van der Waals surface area contributed by atoms with Crippen LogP contribution in [0, 0.1) is 0 Å². The van der Waals surface area contributed by atoms with Gasteiger partial charge in [0.05, 0.1) is 16.7 Å². The summed E-state index contributed by atoms with van der Waals surface area (Å²) in [5, 5.41) is 0. The Morgan fingerprint density at radius 1 is 0.962 bits per heavy atom. The van der Waals surface area contributed by atoms with Crippen molar-refractivity contribution in [1.29, 1.82) is 0 Å². The number of fused-ring (bicyclic) bond motifs is 1. The fourth-order valence-electron chi connectivity index (χ4n) is 3.46. The molecule has 0 radical (unpaired) electrons. The number of hydrogen-bond donors (Lipinski definition) is 1. The Kier molecular flexibility index (Phi) is 3.88. The first-order valence-corrected chi connectivity index (χ1v) is 8.54. The van der Waals surface area contributed by atoms with Crippen LogP contribution in [-0.4, -0.2) is 52.5 Å². The van der Waals surface area contributed by atoms with Crippen LogP contribution in [0.15, 0.2) is 54.6 Å². The lowest BCUT2D eigenvalue weighted by atomic mass is 10.1. The van der Waals surface area contributed by atoms with Crippen molar-refractivity contribution in [2.24, 2.45) is 0 Å². The average molecular weight is 348 g/mol. The lowest BCUT2D eigenvalue weighted by Crippen LogP contribution is -2.71. The highest BCUT2D eigenvalue weighted by molar-refractivity contribution is 6.23. The lowest BCUT2D eigenvalue weighted by molar-refractivity contribution is -0.444. The molecule has 2 aromatic carbocycles. The van der Waals surface area contributed by atoms with Gasteiger partial charge in [-0.1, -0.05) is 30.3 Å². The van der Waals surface area contributed by atoms with Gasteiger partial charge in [-0.3, -0.25) is 19.5 Å². The van der Waals surface area contributed by atoms with E-state index in [1.54, 1.807) is 36.1 Å². The Morgan fingerprint density at radius 3 is 2.15 bits per heavy atom. The molecule has 0 aromatic heterocycles. The molecule has 0 bridgehead atoms. The van der Waals surface area contributed by atoms with E-state index < -0.39 is 17.9 Å². The zero-order valence-corrected chi connectivity index (χ0v) is 14.3. The Hall–Kier alpha value is -3.28. The van der Waals surface area contributed by atoms with Crippen molar-refractivity contribution >= 4 is 23.6 Å². The normalized spacial score (nSPS) is 17.3. The molecule has 130 valence electrons. The molecule has 0 saturated carbocycles. The Bertz CT molecular complexity index is 901. The van der Waals surface area contributed by atoms with Crippen molar-refractivity contribution in [3.05, 3.63) is 71.3 Å². The molecular weight excluding hydrogens is 330 g/mol. The first-order chi connectivity index (χ1) is 12.6. The molecule has 0 saturated heterocycles. The van der Waals surface area contributed by atoms with E-state index >= 15 is 0 Å². The van der Waals surface area contributed by atoms with Crippen LogP contribution in [0.5, 0.6) is 0 Å². The third kappa shape index (κ3) is 2.42. The molecule has 1 atom stereocenters. The standard InChI is InChI=1S/C20H17N3O3/c1-13(23-19(25)15-9-5-6-10-16(15)20(23)26)18(24)22-12-11-21-17(22)14-7-3-2-4-8-14/h2-10,13H,11-12H2,1H3/p+1/t13-/m1/s1. The highest BCUT2D eigenvalue weighted by Gasteiger charge is 2.45. The summed E-state index contributed by atoms with van der Waals surface area (Å²) in [7, 11) is 0. The van der Waals surface area contributed by atoms with E-state index in [0.29, 0.717) is 30.1 Å². The molecule has 0 unspecified atom stereocenters. The van der Waals surface area contributed by atoms with Gasteiger partial charge in [0.2, 0.25) is 0 Å². The summed E-state index contributed by atoms with van der Waals surface area (Å²) in [6.45, 7) is 2.73. The third-order valence-electron chi connectivity index (χ3n) is 4.78. The van der Waals surface area contributed by atoms with Crippen LogP contribution in [0.25, 0.3) is 0 Å². The fourth-order valence-corrected chi connectivity index (χ4v) is 3.46. The largest absolute Gasteiger partial charge is 0.332 e. The fraction of sp³-hybridized carbons (Fsp3) is 0.200. The van der Waals surface area contributed by atoms with Crippen molar-refractivity contribution in [2.75, 3.05) is 13.1 Å². The number of amidine groups is 1. The average Bonchev–Trinajstić information content (AvgIpc) is 3.26. The van der Waals surface area contributed by atoms with Gasteiger partial charge in [-0.15, -0.1) is 0 Å². The minimum Gasteiger partial charge on any atom is -0.270 e. The predicted octanol–water partition coefficient (Wildman–Crippen LogP) is 0.0407. The molecule has 6 heteroatoms. The molecule has 6 nitrogen and oxygen atoms in total. The summed E-state index contributed by atoms with van der Waals surface area (Å²) >= 11 is 0. The molecule has 0 aliphatic carbocycles. The van der Waals surface area contributed by atoms with E-state index in [4.69, 9.17) is 0 Å². The van der Waals surface area contributed by atoms with Gasteiger partial charge in [-0.05, 0) is 31.2 Å². The highest BCUT2D eigenvalue weighted by atomic mass is 16.2. The Balaban J connectivity index is 1.61. The highest BCUT2D eigenvalue weighted by Crippen LogP contribution is 2.25. The predicted molar refractivity (Wildman–Crippen MR) is 94.5 cm³/mol. The van der Waals surface area contributed by atoms with Crippen molar-refractivity contribution in [3.63, 3.8) is 0 Å². The summed E-state index contributed by atoms with van der Waals surface area (Å²) in [4.78, 5) is 44.2. The summed E-state index contributed by atoms with van der Waals surface area (Å²) < 4.78 is 0. The number of carbonyl (C=O) groups is 3. The molecule has 2 aliphatic heterocycles. The summed E-state index contributed by atoms with van der Waals surface area (Å²) in [6.07, 6.45) is 0. The monoisotopic (exact) mass is 348 g/mol. The van der Waals surface area contributed by atoms with E-state index in [0.717, 1.165) is 10.5 Å². The maximum atomic E-state index is 13.1. The lowest BCUT2D eigenvalue weighted by Gasteiger charge is -2.22. The number of imide groups is 1. The van der Waals surface area contributed by atoms with Gasteiger partial charge in [-0.25, -0.2) is 4.79 Å². The SMILES string of the molecule is C[C@H](C(=O)N1CC[NH+]=C1c1ccccc1)N1C(=O)c2ccccc2C1=O. The number of hydrogen-bond acceptors (Lipinski definition) is 3. The summed E-state index contributed by atoms with van der Waals surface area (Å²) in [5.41, 5.74) is 1.60. The molecule has 2 aliphatic rings. The Labute approximate surface area is 150 Å². The van der Waals surface area contributed by atoms with Crippen LogP contribution < -0.4 is 4.99 Å². The van der Waals surface area contributed by atoms with Crippen molar-refractivity contribution in [1.82, 2.24) is 9.80 Å². The summed E-state index contributed by atoms with van der Waals surface area (Å²) in [5.74, 6) is -0.401. The zero-order valence-electron chi connectivity index (χ0n) is 14.3. The van der Waals surface area contributed by atoms with Gasteiger partial charge in [-0.2, -0.15) is 4.90 Å². The molecule has 1 N–H and O–H groups in total. The van der Waals surface area contributed by atoms with Crippen molar-refractivity contribution < 1.29 is 19.4 Å². The van der Waals surface area contributed by atoms with Gasteiger partial charge in [0.1, 0.15) is 19.1 Å². The minimum atomic E-state index is -0.874. The smallest absolute Gasteiger partial charge is 0.270 e. The molecular formula is C20H18N3O3+. The van der Waals surface area contributed by atoms with Crippen LogP contribution in [0.2, 0.25) is 0 Å². The van der Waals surface area contributed by atoms with Crippen LogP contribution >= 0.6 is 0 Å². The summed E-state index contributed by atoms with van der Waals surface area (Å²) in [6, 6.07) is 15.3.